The molecule has 1 aromatic carbocycles. The predicted molar refractivity (Wildman–Crippen MR) is 75.4 cm³/mol. The molecule has 94 valence electrons. The molecule has 0 aliphatic heterocycles. The monoisotopic (exact) mass is 297 g/mol. The Kier molecular flexibility index (Phi) is 4.46. The minimum absolute atomic E-state index is 0.197. The van der Waals surface area contributed by atoms with E-state index < -0.39 is 0 Å². The summed E-state index contributed by atoms with van der Waals surface area (Å²) in [5.74, 6) is 0. The molecule has 0 bridgehead atoms. The van der Waals surface area contributed by atoms with Crippen molar-refractivity contribution in [2.75, 3.05) is 5.32 Å². The molecule has 0 saturated heterocycles. The Labute approximate surface area is 112 Å². The molecule has 2 atom stereocenters. The second-order valence-electron chi connectivity index (χ2n) is 4.76. The number of aryl methyl sites for hydroxylation is 1. The lowest BCUT2D eigenvalue weighted by Crippen LogP contribution is -2.36. The Morgan fingerprint density at radius 1 is 1.35 bits per heavy atom. The first-order chi connectivity index (χ1) is 8.20. The van der Waals surface area contributed by atoms with Gasteiger partial charge in [-0.3, -0.25) is 0 Å². The number of nitrogens with one attached hydrogen (secondary N) is 1. The number of halogens is 1. The molecule has 1 saturated carbocycles. The molecule has 3 heteroatoms. The van der Waals surface area contributed by atoms with Gasteiger partial charge in [0.25, 0.3) is 0 Å². The molecule has 0 spiro atoms. The Morgan fingerprint density at radius 3 is 2.82 bits per heavy atom. The smallest absolute Gasteiger partial charge is 0.0741 e. The van der Waals surface area contributed by atoms with Gasteiger partial charge in [-0.15, -0.1) is 0 Å². The summed E-state index contributed by atoms with van der Waals surface area (Å²) in [5.41, 5.74) is 2.47. The highest BCUT2D eigenvalue weighted by Gasteiger charge is 2.23. The SMILES string of the molecule is CCc1cc(Br)ccc1N[C@@H]1CCCC[C@H]1O. The summed E-state index contributed by atoms with van der Waals surface area (Å²) < 4.78 is 1.11. The van der Waals surface area contributed by atoms with Crippen LogP contribution in [0.15, 0.2) is 22.7 Å². The number of benzene rings is 1. The molecule has 1 aromatic rings. The van der Waals surface area contributed by atoms with Crippen molar-refractivity contribution < 1.29 is 5.11 Å². The zero-order chi connectivity index (χ0) is 12.3. The Hall–Kier alpha value is -0.540. The van der Waals surface area contributed by atoms with Crippen molar-refractivity contribution >= 4 is 21.6 Å². The van der Waals surface area contributed by atoms with Gasteiger partial charge in [-0.1, -0.05) is 35.7 Å². The maximum Gasteiger partial charge on any atom is 0.0741 e. The third kappa shape index (κ3) is 3.23. The molecule has 0 radical (unpaired) electrons. The van der Waals surface area contributed by atoms with Gasteiger partial charge in [0.2, 0.25) is 0 Å². The van der Waals surface area contributed by atoms with Crippen LogP contribution in [0.3, 0.4) is 0 Å². The average molecular weight is 298 g/mol. The van der Waals surface area contributed by atoms with Crippen LogP contribution in [0.5, 0.6) is 0 Å². The van der Waals surface area contributed by atoms with Crippen LogP contribution in [0.25, 0.3) is 0 Å². The van der Waals surface area contributed by atoms with Crippen molar-refractivity contribution in [2.24, 2.45) is 0 Å². The Bertz CT molecular complexity index is 380. The summed E-state index contributed by atoms with van der Waals surface area (Å²) in [6.45, 7) is 2.16. The first-order valence-electron chi connectivity index (χ1n) is 6.43. The van der Waals surface area contributed by atoms with Gasteiger partial charge in [0, 0.05) is 10.2 Å². The second-order valence-corrected chi connectivity index (χ2v) is 5.67. The highest BCUT2D eigenvalue weighted by atomic mass is 79.9. The molecule has 1 aliphatic carbocycles. The molecule has 0 aromatic heterocycles. The number of hydrogen-bond acceptors (Lipinski definition) is 2. The van der Waals surface area contributed by atoms with Crippen molar-refractivity contribution in [3.63, 3.8) is 0 Å². The van der Waals surface area contributed by atoms with Gasteiger partial charge in [0.05, 0.1) is 12.1 Å². The summed E-state index contributed by atoms with van der Waals surface area (Å²) in [5, 5.41) is 13.5. The van der Waals surface area contributed by atoms with E-state index in [0.29, 0.717) is 0 Å². The molecule has 1 aliphatic rings. The molecule has 17 heavy (non-hydrogen) atoms. The molecule has 1 fully saturated rings. The maximum atomic E-state index is 9.98. The topological polar surface area (TPSA) is 32.3 Å². The lowest BCUT2D eigenvalue weighted by molar-refractivity contribution is 0.116. The van der Waals surface area contributed by atoms with E-state index >= 15 is 0 Å². The lowest BCUT2D eigenvalue weighted by atomic mass is 9.92. The van der Waals surface area contributed by atoms with Crippen LogP contribution in [0, 0.1) is 0 Å². The molecule has 2 nitrogen and oxygen atoms in total. The molecular formula is C14H20BrNO. The quantitative estimate of drug-likeness (QED) is 0.891. The minimum atomic E-state index is -0.197. The summed E-state index contributed by atoms with van der Waals surface area (Å²) in [4.78, 5) is 0. The molecule has 0 heterocycles. The normalized spacial score (nSPS) is 24.6. The lowest BCUT2D eigenvalue weighted by Gasteiger charge is -2.30. The second kappa shape index (κ2) is 5.87. The number of hydrogen-bond donors (Lipinski definition) is 2. The molecule has 0 amide bonds. The molecular weight excluding hydrogens is 278 g/mol. The van der Waals surface area contributed by atoms with E-state index in [1.165, 1.54) is 17.7 Å². The first kappa shape index (κ1) is 12.9. The van der Waals surface area contributed by atoms with Gasteiger partial charge in [-0.2, -0.15) is 0 Å². The van der Waals surface area contributed by atoms with Gasteiger partial charge in [0.15, 0.2) is 0 Å². The fourth-order valence-corrected chi connectivity index (χ4v) is 2.88. The predicted octanol–water partition coefficient (Wildman–Crippen LogP) is 3.73. The van der Waals surface area contributed by atoms with E-state index in [0.717, 1.165) is 30.2 Å². The van der Waals surface area contributed by atoms with E-state index in [9.17, 15) is 5.11 Å². The molecule has 0 unspecified atom stereocenters. The number of anilines is 1. The highest BCUT2D eigenvalue weighted by molar-refractivity contribution is 9.10. The van der Waals surface area contributed by atoms with E-state index in [-0.39, 0.29) is 12.1 Å². The standard InChI is InChI=1S/C14H20BrNO/c1-2-10-9-11(15)7-8-12(10)16-13-5-3-4-6-14(13)17/h7-9,13-14,16-17H,2-6H2,1H3/t13-,14-/m1/s1. The maximum absolute atomic E-state index is 9.98. The Balaban J connectivity index is 2.11. The number of aliphatic hydroxyl groups is 1. The van der Waals surface area contributed by atoms with Crippen LogP contribution in [-0.4, -0.2) is 17.3 Å². The summed E-state index contributed by atoms with van der Waals surface area (Å²) in [7, 11) is 0. The Morgan fingerprint density at radius 2 is 2.12 bits per heavy atom. The number of aliphatic hydroxyl groups excluding tert-OH is 1. The fraction of sp³-hybridized carbons (Fsp3) is 0.571. The van der Waals surface area contributed by atoms with Gasteiger partial charge in [0.1, 0.15) is 0 Å². The summed E-state index contributed by atoms with van der Waals surface area (Å²) in [6.07, 6.45) is 5.17. The van der Waals surface area contributed by atoms with Crippen molar-refractivity contribution in [1.82, 2.24) is 0 Å². The largest absolute Gasteiger partial charge is 0.391 e. The van der Waals surface area contributed by atoms with E-state index in [4.69, 9.17) is 0 Å². The van der Waals surface area contributed by atoms with Crippen molar-refractivity contribution in [3.8, 4) is 0 Å². The fourth-order valence-electron chi connectivity index (χ4n) is 2.48. The van der Waals surface area contributed by atoms with Crippen molar-refractivity contribution in [1.29, 1.82) is 0 Å². The van der Waals surface area contributed by atoms with Crippen LogP contribution < -0.4 is 5.32 Å². The van der Waals surface area contributed by atoms with E-state index in [2.05, 4.69) is 46.4 Å². The van der Waals surface area contributed by atoms with E-state index in [1.807, 2.05) is 0 Å². The van der Waals surface area contributed by atoms with Gasteiger partial charge < -0.3 is 10.4 Å². The summed E-state index contributed by atoms with van der Waals surface area (Å²) in [6, 6.07) is 6.52. The summed E-state index contributed by atoms with van der Waals surface area (Å²) >= 11 is 3.50. The highest BCUT2D eigenvalue weighted by Crippen LogP contribution is 2.26. The minimum Gasteiger partial charge on any atom is -0.391 e. The van der Waals surface area contributed by atoms with Gasteiger partial charge in [-0.05, 0) is 43.0 Å². The van der Waals surface area contributed by atoms with Crippen molar-refractivity contribution in [2.45, 2.75) is 51.2 Å². The van der Waals surface area contributed by atoms with Crippen LogP contribution in [0.1, 0.15) is 38.2 Å². The van der Waals surface area contributed by atoms with E-state index in [1.54, 1.807) is 0 Å². The van der Waals surface area contributed by atoms with Crippen LogP contribution in [0.2, 0.25) is 0 Å². The van der Waals surface area contributed by atoms with Crippen LogP contribution >= 0.6 is 15.9 Å². The molecule has 2 rings (SSSR count). The zero-order valence-corrected chi connectivity index (χ0v) is 11.8. The van der Waals surface area contributed by atoms with Crippen LogP contribution in [0.4, 0.5) is 5.69 Å². The van der Waals surface area contributed by atoms with Crippen molar-refractivity contribution in [3.05, 3.63) is 28.2 Å². The average Bonchev–Trinajstić information content (AvgIpc) is 2.34. The first-order valence-corrected chi connectivity index (χ1v) is 7.23. The molecule has 2 N–H and O–H groups in total. The zero-order valence-electron chi connectivity index (χ0n) is 10.2. The number of rotatable bonds is 3. The van der Waals surface area contributed by atoms with Gasteiger partial charge in [-0.25, -0.2) is 0 Å². The third-order valence-corrected chi connectivity index (χ3v) is 4.01. The van der Waals surface area contributed by atoms with Gasteiger partial charge >= 0.3 is 0 Å². The van der Waals surface area contributed by atoms with Crippen LogP contribution in [-0.2, 0) is 6.42 Å². The third-order valence-electron chi connectivity index (χ3n) is 3.52.